The van der Waals surface area contributed by atoms with Gasteiger partial charge in [0.05, 0.1) is 0 Å². The molecule has 0 aromatic heterocycles. The van der Waals surface area contributed by atoms with Crippen LogP contribution in [0.3, 0.4) is 0 Å². The fourth-order valence-electron chi connectivity index (χ4n) is 2.37. The van der Waals surface area contributed by atoms with Crippen LogP contribution in [0, 0.1) is 11.3 Å². The van der Waals surface area contributed by atoms with Crippen LogP contribution < -0.4 is 5.32 Å². The SMILES string of the molecule is CC(CNC(=O)C(C)(C)CCCc1ccccc1)CC(=O)O. The van der Waals surface area contributed by atoms with Gasteiger partial charge in [-0.2, -0.15) is 0 Å². The van der Waals surface area contributed by atoms with Gasteiger partial charge >= 0.3 is 5.97 Å². The van der Waals surface area contributed by atoms with Crippen molar-refractivity contribution in [3.05, 3.63) is 35.9 Å². The maximum absolute atomic E-state index is 12.2. The standard InChI is InChI=1S/C18H27NO3/c1-14(12-16(20)21)13-19-17(22)18(2,3)11-7-10-15-8-5-4-6-9-15/h4-6,8-9,14H,7,10-13H2,1-3H3,(H,19,22)(H,20,21). The Hall–Kier alpha value is -1.84. The zero-order valence-electron chi connectivity index (χ0n) is 13.8. The van der Waals surface area contributed by atoms with Gasteiger partial charge in [-0.25, -0.2) is 0 Å². The lowest BCUT2D eigenvalue weighted by Crippen LogP contribution is -2.39. The summed E-state index contributed by atoms with van der Waals surface area (Å²) in [5, 5.41) is 11.6. The third kappa shape index (κ3) is 6.74. The summed E-state index contributed by atoms with van der Waals surface area (Å²) in [5.41, 5.74) is 0.853. The van der Waals surface area contributed by atoms with Crippen LogP contribution in [0.4, 0.5) is 0 Å². The summed E-state index contributed by atoms with van der Waals surface area (Å²) in [6.45, 7) is 6.12. The molecule has 22 heavy (non-hydrogen) atoms. The van der Waals surface area contributed by atoms with Crippen LogP contribution in [0.5, 0.6) is 0 Å². The highest BCUT2D eigenvalue weighted by atomic mass is 16.4. The van der Waals surface area contributed by atoms with E-state index in [-0.39, 0.29) is 18.2 Å². The van der Waals surface area contributed by atoms with E-state index in [1.807, 2.05) is 39.0 Å². The van der Waals surface area contributed by atoms with E-state index < -0.39 is 11.4 Å². The van der Waals surface area contributed by atoms with Gasteiger partial charge in [0.1, 0.15) is 0 Å². The summed E-state index contributed by atoms with van der Waals surface area (Å²) in [7, 11) is 0. The molecule has 1 unspecified atom stereocenters. The van der Waals surface area contributed by atoms with Gasteiger partial charge in [-0.1, -0.05) is 51.1 Å². The van der Waals surface area contributed by atoms with E-state index in [0.29, 0.717) is 6.54 Å². The smallest absolute Gasteiger partial charge is 0.303 e. The van der Waals surface area contributed by atoms with Crippen molar-refractivity contribution in [1.29, 1.82) is 0 Å². The van der Waals surface area contributed by atoms with Gasteiger partial charge in [0, 0.05) is 18.4 Å². The monoisotopic (exact) mass is 305 g/mol. The molecule has 1 aromatic carbocycles. The van der Waals surface area contributed by atoms with E-state index in [1.54, 1.807) is 0 Å². The number of carboxylic acid groups (broad SMARTS) is 1. The third-order valence-corrected chi connectivity index (χ3v) is 3.86. The Bertz CT molecular complexity index is 482. The first-order valence-corrected chi connectivity index (χ1v) is 7.85. The van der Waals surface area contributed by atoms with E-state index >= 15 is 0 Å². The van der Waals surface area contributed by atoms with Crippen LogP contribution in [-0.4, -0.2) is 23.5 Å². The average Bonchev–Trinajstić information content (AvgIpc) is 2.45. The summed E-state index contributed by atoms with van der Waals surface area (Å²) < 4.78 is 0. The highest BCUT2D eigenvalue weighted by Crippen LogP contribution is 2.24. The number of rotatable bonds is 9. The Balaban J connectivity index is 2.34. The van der Waals surface area contributed by atoms with Crippen molar-refractivity contribution in [2.75, 3.05) is 6.54 Å². The zero-order chi connectivity index (χ0) is 16.6. The summed E-state index contributed by atoms with van der Waals surface area (Å²) >= 11 is 0. The molecule has 2 N–H and O–H groups in total. The van der Waals surface area contributed by atoms with Crippen LogP contribution >= 0.6 is 0 Å². The Morgan fingerprint density at radius 3 is 2.45 bits per heavy atom. The maximum atomic E-state index is 12.2. The lowest BCUT2D eigenvalue weighted by Gasteiger charge is -2.24. The van der Waals surface area contributed by atoms with E-state index in [4.69, 9.17) is 5.11 Å². The quantitative estimate of drug-likeness (QED) is 0.736. The first-order valence-electron chi connectivity index (χ1n) is 7.85. The Morgan fingerprint density at radius 1 is 1.23 bits per heavy atom. The molecule has 1 rings (SSSR count). The maximum Gasteiger partial charge on any atom is 0.303 e. The van der Waals surface area contributed by atoms with Crippen molar-refractivity contribution in [3.8, 4) is 0 Å². The van der Waals surface area contributed by atoms with Gasteiger partial charge in [0.25, 0.3) is 0 Å². The molecule has 0 spiro atoms. The molecule has 1 amide bonds. The van der Waals surface area contributed by atoms with E-state index in [0.717, 1.165) is 19.3 Å². The number of hydrogen-bond acceptors (Lipinski definition) is 2. The van der Waals surface area contributed by atoms with Crippen molar-refractivity contribution < 1.29 is 14.7 Å². The minimum absolute atomic E-state index is 0.00204. The van der Waals surface area contributed by atoms with Crippen molar-refractivity contribution in [2.24, 2.45) is 11.3 Å². The summed E-state index contributed by atoms with van der Waals surface area (Å²) in [5.74, 6) is -0.886. The second-order valence-corrected chi connectivity index (χ2v) is 6.64. The molecule has 1 aromatic rings. The molecule has 0 saturated carbocycles. The highest BCUT2D eigenvalue weighted by Gasteiger charge is 2.27. The molecule has 0 heterocycles. The predicted octanol–water partition coefficient (Wildman–Crippen LogP) is 3.26. The van der Waals surface area contributed by atoms with E-state index in [1.165, 1.54) is 5.56 Å². The Labute approximate surface area is 132 Å². The minimum atomic E-state index is -0.830. The van der Waals surface area contributed by atoms with Crippen molar-refractivity contribution in [2.45, 2.75) is 46.5 Å². The van der Waals surface area contributed by atoms with Crippen molar-refractivity contribution in [3.63, 3.8) is 0 Å². The number of aliphatic carboxylic acids is 1. The van der Waals surface area contributed by atoms with Crippen molar-refractivity contribution in [1.82, 2.24) is 5.32 Å². The normalized spacial score (nSPS) is 12.7. The number of aryl methyl sites for hydroxylation is 1. The number of amides is 1. The first kappa shape index (κ1) is 18.2. The second-order valence-electron chi connectivity index (χ2n) is 6.64. The summed E-state index contributed by atoms with van der Waals surface area (Å²) in [6.07, 6.45) is 2.80. The molecule has 0 radical (unpaired) electrons. The summed E-state index contributed by atoms with van der Waals surface area (Å²) in [6, 6.07) is 10.2. The highest BCUT2D eigenvalue weighted by molar-refractivity contribution is 5.81. The molecule has 4 nitrogen and oxygen atoms in total. The van der Waals surface area contributed by atoms with Crippen molar-refractivity contribution >= 4 is 11.9 Å². The van der Waals surface area contributed by atoms with Gasteiger partial charge in [-0.15, -0.1) is 0 Å². The molecule has 0 saturated heterocycles. The number of nitrogens with one attached hydrogen (secondary N) is 1. The number of benzene rings is 1. The molecule has 0 aliphatic rings. The molecule has 0 aliphatic heterocycles. The number of carboxylic acids is 1. The summed E-state index contributed by atoms with van der Waals surface area (Å²) in [4.78, 5) is 22.9. The fraction of sp³-hybridized carbons (Fsp3) is 0.556. The Kier molecular flexibility index (Phi) is 7.09. The molecule has 0 fully saturated rings. The number of carbonyl (C=O) groups excluding carboxylic acids is 1. The molecule has 0 aliphatic carbocycles. The van der Waals surface area contributed by atoms with Gasteiger partial charge < -0.3 is 10.4 Å². The fourth-order valence-corrected chi connectivity index (χ4v) is 2.37. The third-order valence-electron chi connectivity index (χ3n) is 3.86. The van der Waals surface area contributed by atoms with Gasteiger partial charge in [-0.05, 0) is 30.7 Å². The minimum Gasteiger partial charge on any atom is -0.481 e. The van der Waals surface area contributed by atoms with Crippen LogP contribution in [-0.2, 0) is 16.0 Å². The van der Waals surface area contributed by atoms with E-state index in [9.17, 15) is 9.59 Å². The van der Waals surface area contributed by atoms with Gasteiger partial charge in [0.15, 0.2) is 0 Å². The number of hydrogen-bond donors (Lipinski definition) is 2. The lowest BCUT2D eigenvalue weighted by atomic mass is 9.85. The molecule has 0 bridgehead atoms. The molecule has 1 atom stereocenters. The predicted molar refractivity (Wildman–Crippen MR) is 87.6 cm³/mol. The van der Waals surface area contributed by atoms with Gasteiger partial charge in [0.2, 0.25) is 5.91 Å². The first-order chi connectivity index (χ1) is 10.3. The number of carbonyl (C=O) groups is 2. The molecule has 122 valence electrons. The Morgan fingerprint density at radius 2 is 1.86 bits per heavy atom. The topological polar surface area (TPSA) is 66.4 Å². The lowest BCUT2D eigenvalue weighted by molar-refractivity contribution is -0.138. The zero-order valence-corrected chi connectivity index (χ0v) is 13.8. The average molecular weight is 305 g/mol. The molecular weight excluding hydrogens is 278 g/mol. The van der Waals surface area contributed by atoms with Crippen LogP contribution in [0.15, 0.2) is 30.3 Å². The van der Waals surface area contributed by atoms with Crippen LogP contribution in [0.25, 0.3) is 0 Å². The van der Waals surface area contributed by atoms with Crippen LogP contribution in [0.1, 0.15) is 45.6 Å². The van der Waals surface area contributed by atoms with Gasteiger partial charge in [-0.3, -0.25) is 9.59 Å². The largest absolute Gasteiger partial charge is 0.481 e. The van der Waals surface area contributed by atoms with Crippen LogP contribution in [0.2, 0.25) is 0 Å². The molecular formula is C18H27NO3. The van der Waals surface area contributed by atoms with E-state index in [2.05, 4.69) is 17.4 Å². The second kappa shape index (κ2) is 8.57. The molecule has 4 heteroatoms.